The van der Waals surface area contributed by atoms with E-state index in [0.717, 1.165) is 23.5 Å². The van der Waals surface area contributed by atoms with Crippen molar-refractivity contribution in [2.24, 2.45) is 7.05 Å². The van der Waals surface area contributed by atoms with Gasteiger partial charge in [0.15, 0.2) is 5.65 Å². The molecule has 16 heavy (non-hydrogen) atoms. The van der Waals surface area contributed by atoms with E-state index in [4.69, 9.17) is 0 Å². The van der Waals surface area contributed by atoms with Crippen molar-refractivity contribution >= 4 is 11.2 Å². The quantitative estimate of drug-likeness (QED) is 0.836. The number of aromatic nitrogens is 3. The van der Waals surface area contributed by atoms with Crippen LogP contribution in [0.3, 0.4) is 0 Å². The van der Waals surface area contributed by atoms with E-state index in [9.17, 15) is 0 Å². The first kappa shape index (κ1) is 11.1. The summed E-state index contributed by atoms with van der Waals surface area (Å²) in [5.41, 5.74) is 2.00. The lowest BCUT2D eigenvalue weighted by Gasteiger charge is -2.20. The Morgan fingerprint density at radius 2 is 2.12 bits per heavy atom. The van der Waals surface area contributed by atoms with Crippen LogP contribution in [0.25, 0.3) is 11.2 Å². The van der Waals surface area contributed by atoms with E-state index in [1.165, 1.54) is 0 Å². The van der Waals surface area contributed by atoms with E-state index in [1.807, 2.05) is 19.2 Å². The number of imidazole rings is 1. The van der Waals surface area contributed by atoms with Crippen LogP contribution in [0.1, 0.15) is 26.6 Å². The molecule has 86 valence electrons. The van der Waals surface area contributed by atoms with Gasteiger partial charge < -0.3 is 9.88 Å². The van der Waals surface area contributed by atoms with Crippen molar-refractivity contribution in [3.8, 4) is 0 Å². The highest BCUT2D eigenvalue weighted by Crippen LogP contribution is 2.12. The van der Waals surface area contributed by atoms with Crippen molar-refractivity contribution in [1.82, 2.24) is 19.9 Å². The summed E-state index contributed by atoms with van der Waals surface area (Å²) in [6, 6.07) is 3.97. The molecule has 0 aromatic carbocycles. The number of nitrogens with zero attached hydrogens (tertiary/aromatic N) is 3. The van der Waals surface area contributed by atoms with Crippen LogP contribution in [0, 0.1) is 0 Å². The molecule has 2 rings (SSSR count). The minimum atomic E-state index is 0.103. The maximum Gasteiger partial charge on any atom is 0.177 e. The third-order valence-electron chi connectivity index (χ3n) is 2.53. The van der Waals surface area contributed by atoms with Gasteiger partial charge in [-0.3, -0.25) is 0 Å². The van der Waals surface area contributed by atoms with Crippen molar-refractivity contribution < 1.29 is 0 Å². The number of pyridine rings is 1. The van der Waals surface area contributed by atoms with Gasteiger partial charge in [-0.25, -0.2) is 9.97 Å². The second-order valence-corrected chi connectivity index (χ2v) is 5.04. The molecule has 0 amide bonds. The normalized spacial score (nSPS) is 12.2. The first-order valence-electron chi connectivity index (χ1n) is 5.49. The molecule has 0 bridgehead atoms. The molecule has 4 heteroatoms. The third-order valence-corrected chi connectivity index (χ3v) is 2.53. The van der Waals surface area contributed by atoms with E-state index in [0.29, 0.717) is 0 Å². The van der Waals surface area contributed by atoms with Gasteiger partial charge in [-0.2, -0.15) is 0 Å². The van der Waals surface area contributed by atoms with Crippen molar-refractivity contribution in [2.75, 3.05) is 0 Å². The number of hydrogen-bond donors (Lipinski definition) is 1. The van der Waals surface area contributed by atoms with Crippen molar-refractivity contribution in [3.63, 3.8) is 0 Å². The smallest absolute Gasteiger partial charge is 0.177 e. The SMILES string of the molecule is Cn1c(CNC(C)(C)C)nc2ncccc21. The van der Waals surface area contributed by atoms with Gasteiger partial charge in [0, 0.05) is 18.8 Å². The van der Waals surface area contributed by atoms with E-state index in [1.54, 1.807) is 6.20 Å². The Morgan fingerprint density at radius 1 is 1.38 bits per heavy atom. The van der Waals surface area contributed by atoms with Crippen LogP contribution in [0.15, 0.2) is 18.3 Å². The molecule has 0 aliphatic rings. The van der Waals surface area contributed by atoms with Crippen molar-refractivity contribution in [3.05, 3.63) is 24.2 Å². The lowest BCUT2D eigenvalue weighted by Crippen LogP contribution is -2.35. The molecule has 0 radical (unpaired) electrons. The molecular weight excluding hydrogens is 200 g/mol. The fourth-order valence-corrected chi connectivity index (χ4v) is 1.58. The Labute approximate surface area is 95.7 Å². The molecule has 2 heterocycles. The van der Waals surface area contributed by atoms with Crippen molar-refractivity contribution in [2.45, 2.75) is 32.9 Å². The maximum atomic E-state index is 4.50. The monoisotopic (exact) mass is 218 g/mol. The molecule has 0 fully saturated rings. The Hall–Kier alpha value is -1.42. The van der Waals surface area contributed by atoms with Gasteiger partial charge in [-0.1, -0.05) is 0 Å². The Bertz CT molecular complexity index is 493. The fourth-order valence-electron chi connectivity index (χ4n) is 1.58. The third kappa shape index (κ3) is 2.22. The summed E-state index contributed by atoms with van der Waals surface area (Å²) < 4.78 is 2.08. The number of fused-ring (bicyclic) bond motifs is 1. The number of aryl methyl sites for hydroxylation is 1. The van der Waals surface area contributed by atoms with Gasteiger partial charge in [-0.05, 0) is 32.9 Å². The molecule has 0 unspecified atom stereocenters. The van der Waals surface area contributed by atoms with Gasteiger partial charge in [0.25, 0.3) is 0 Å². The number of rotatable bonds is 2. The summed E-state index contributed by atoms with van der Waals surface area (Å²) in [6.45, 7) is 7.20. The van der Waals surface area contributed by atoms with E-state index >= 15 is 0 Å². The highest BCUT2D eigenvalue weighted by molar-refractivity contribution is 5.71. The zero-order chi connectivity index (χ0) is 11.8. The summed E-state index contributed by atoms with van der Waals surface area (Å²) in [5.74, 6) is 1.02. The van der Waals surface area contributed by atoms with Crippen LogP contribution in [0.5, 0.6) is 0 Å². The first-order chi connectivity index (χ1) is 7.47. The van der Waals surface area contributed by atoms with Crippen LogP contribution in [0.4, 0.5) is 0 Å². The van der Waals surface area contributed by atoms with Crippen LogP contribution in [-0.4, -0.2) is 20.1 Å². The Balaban J connectivity index is 2.28. The molecule has 4 nitrogen and oxygen atoms in total. The largest absolute Gasteiger partial charge is 0.329 e. The summed E-state index contributed by atoms with van der Waals surface area (Å²) in [5, 5.41) is 3.43. The average molecular weight is 218 g/mol. The van der Waals surface area contributed by atoms with Gasteiger partial charge in [0.2, 0.25) is 0 Å². The lowest BCUT2D eigenvalue weighted by molar-refractivity contribution is 0.415. The van der Waals surface area contributed by atoms with Gasteiger partial charge in [0.1, 0.15) is 5.82 Å². The minimum Gasteiger partial charge on any atom is -0.329 e. The van der Waals surface area contributed by atoms with E-state index in [2.05, 4.69) is 40.6 Å². The zero-order valence-corrected chi connectivity index (χ0v) is 10.3. The molecule has 0 atom stereocenters. The maximum absolute atomic E-state index is 4.50. The first-order valence-corrected chi connectivity index (χ1v) is 5.49. The predicted octanol–water partition coefficient (Wildman–Crippen LogP) is 1.86. The fraction of sp³-hybridized carbons (Fsp3) is 0.500. The molecule has 0 aliphatic carbocycles. The van der Waals surface area contributed by atoms with Gasteiger partial charge in [0.05, 0.1) is 12.1 Å². The molecule has 0 spiro atoms. The van der Waals surface area contributed by atoms with E-state index < -0.39 is 0 Å². The molecule has 0 saturated carbocycles. The summed E-state index contributed by atoms with van der Waals surface area (Å²) >= 11 is 0. The Kier molecular flexibility index (Phi) is 2.68. The lowest BCUT2D eigenvalue weighted by atomic mass is 10.1. The predicted molar refractivity (Wildman–Crippen MR) is 65.1 cm³/mol. The minimum absolute atomic E-state index is 0.103. The van der Waals surface area contributed by atoms with Gasteiger partial charge >= 0.3 is 0 Å². The molecule has 1 N–H and O–H groups in total. The average Bonchev–Trinajstić information content (AvgIpc) is 2.53. The molecular formula is C12H18N4. The van der Waals surface area contributed by atoms with Crippen molar-refractivity contribution in [1.29, 1.82) is 0 Å². The highest BCUT2D eigenvalue weighted by atomic mass is 15.1. The van der Waals surface area contributed by atoms with Crippen LogP contribution >= 0.6 is 0 Å². The highest BCUT2D eigenvalue weighted by Gasteiger charge is 2.12. The number of nitrogens with one attached hydrogen (secondary N) is 1. The zero-order valence-electron chi connectivity index (χ0n) is 10.3. The second-order valence-electron chi connectivity index (χ2n) is 5.04. The van der Waals surface area contributed by atoms with Crippen LogP contribution in [0.2, 0.25) is 0 Å². The molecule has 0 saturated heterocycles. The number of hydrogen-bond acceptors (Lipinski definition) is 3. The summed E-state index contributed by atoms with van der Waals surface area (Å²) in [6.07, 6.45) is 1.77. The van der Waals surface area contributed by atoms with Crippen LogP contribution < -0.4 is 5.32 Å². The summed E-state index contributed by atoms with van der Waals surface area (Å²) in [4.78, 5) is 8.75. The topological polar surface area (TPSA) is 42.7 Å². The standard InChI is InChI=1S/C12H18N4/c1-12(2,3)14-8-10-15-11-9(16(10)4)6-5-7-13-11/h5-7,14H,8H2,1-4H3. The molecule has 2 aromatic heterocycles. The Morgan fingerprint density at radius 3 is 2.75 bits per heavy atom. The summed E-state index contributed by atoms with van der Waals surface area (Å²) in [7, 11) is 2.02. The second kappa shape index (κ2) is 3.87. The molecule has 0 aliphatic heterocycles. The van der Waals surface area contributed by atoms with Gasteiger partial charge in [-0.15, -0.1) is 0 Å². The van der Waals surface area contributed by atoms with E-state index in [-0.39, 0.29) is 5.54 Å². The van der Waals surface area contributed by atoms with Crippen LogP contribution in [-0.2, 0) is 13.6 Å². The molecule has 2 aromatic rings.